The van der Waals surface area contributed by atoms with Crippen molar-refractivity contribution in [1.82, 2.24) is 0 Å². The monoisotopic (exact) mass is 177 g/mol. The van der Waals surface area contributed by atoms with E-state index < -0.39 is 5.79 Å². The molecule has 0 N–H and O–H groups in total. The van der Waals surface area contributed by atoms with Gasteiger partial charge in [-0.3, -0.25) is 0 Å². The molecule has 0 atom stereocenters. The Labute approximate surface area is 77.0 Å². The van der Waals surface area contributed by atoms with Crippen LogP contribution < -0.4 is 0 Å². The minimum atomic E-state index is -0.634. The highest BCUT2D eigenvalue weighted by atomic mass is 16.8. The lowest BCUT2D eigenvalue weighted by molar-refractivity contribution is -0.128. The van der Waals surface area contributed by atoms with E-state index in [1.54, 1.807) is 0 Å². The zero-order valence-electron chi connectivity index (χ0n) is 7.65. The summed E-state index contributed by atoms with van der Waals surface area (Å²) in [5.74, 6) is -0.0869. The first-order valence-electron chi connectivity index (χ1n) is 4.18. The van der Waals surface area contributed by atoms with Crippen molar-refractivity contribution < 1.29 is 9.57 Å². The Bertz CT molecular complexity index is 330. The van der Waals surface area contributed by atoms with Crippen molar-refractivity contribution >= 4 is 5.90 Å². The Hall–Kier alpha value is -1.51. The van der Waals surface area contributed by atoms with Crippen LogP contribution in [-0.4, -0.2) is 11.7 Å². The minimum absolute atomic E-state index is 0.547. The van der Waals surface area contributed by atoms with Gasteiger partial charge in [0.2, 0.25) is 0 Å². The smallest absolute Gasteiger partial charge is 0.271 e. The van der Waals surface area contributed by atoms with Crippen LogP contribution in [0.25, 0.3) is 0 Å². The molecule has 3 heteroatoms. The van der Waals surface area contributed by atoms with Crippen LogP contribution in [0.2, 0.25) is 0 Å². The van der Waals surface area contributed by atoms with Crippen LogP contribution in [0.1, 0.15) is 19.4 Å². The second-order valence-electron chi connectivity index (χ2n) is 3.36. The maximum Gasteiger partial charge on any atom is 0.271 e. The molecule has 3 nitrogen and oxygen atoms in total. The van der Waals surface area contributed by atoms with Crippen LogP contribution in [-0.2, 0) is 9.57 Å². The van der Waals surface area contributed by atoms with Gasteiger partial charge in [-0.1, -0.05) is 18.2 Å². The molecule has 0 unspecified atom stereocenters. The molecule has 1 aromatic rings. The summed E-state index contributed by atoms with van der Waals surface area (Å²) in [7, 11) is 0. The molecule has 1 aliphatic heterocycles. The Morgan fingerprint density at radius 1 is 1.15 bits per heavy atom. The lowest BCUT2D eigenvalue weighted by Crippen LogP contribution is -2.22. The maximum absolute atomic E-state index is 5.46. The highest BCUT2D eigenvalue weighted by Crippen LogP contribution is 2.21. The molecule has 0 radical (unpaired) electrons. The minimum Gasteiger partial charge on any atom is -0.431 e. The molecule has 0 bridgehead atoms. The third kappa shape index (κ3) is 1.64. The Kier molecular flexibility index (Phi) is 1.72. The highest BCUT2D eigenvalue weighted by molar-refractivity contribution is 5.94. The summed E-state index contributed by atoms with van der Waals surface area (Å²) in [4.78, 5) is 5.07. The molecule has 0 amide bonds. The van der Waals surface area contributed by atoms with Crippen molar-refractivity contribution in [2.24, 2.45) is 5.16 Å². The molecule has 1 heterocycles. The van der Waals surface area contributed by atoms with Gasteiger partial charge in [-0.25, -0.2) is 0 Å². The lowest BCUT2D eigenvalue weighted by atomic mass is 10.2. The predicted octanol–water partition coefficient (Wildman–Crippen LogP) is 2.13. The summed E-state index contributed by atoms with van der Waals surface area (Å²) in [6.07, 6.45) is 0. The molecule has 0 saturated heterocycles. The lowest BCUT2D eigenvalue weighted by Gasteiger charge is -2.14. The Balaban J connectivity index is 2.22. The average Bonchev–Trinajstić information content (AvgIpc) is 2.48. The quantitative estimate of drug-likeness (QED) is 0.658. The molecule has 0 fully saturated rings. The first-order valence-corrected chi connectivity index (χ1v) is 4.18. The molecule has 68 valence electrons. The van der Waals surface area contributed by atoms with E-state index in [4.69, 9.17) is 9.57 Å². The van der Waals surface area contributed by atoms with Crippen LogP contribution in [0.4, 0.5) is 0 Å². The standard InChI is InChI=1S/C10H11NO2/c1-10(2)12-9(11-13-10)8-6-4-3-5-7-8/h3-7H,1-2H3. The fourth-order valence-electron chi connectivity index (χ4n) is 1.11. The Morgan fingerprint density at radius 3 is 2.38 bits per heavy atom. The van der Waals surface area contributed by atoms with E-state index in [1.807, 2.05) is 44.2 Å². The van der Waals surface area contributed by atoms with Crippen molar-refractivity contribution in [3.63, 3.8) is 0 Å². The zero-order valence-corrected chi connectivity index (χ0v) is 7.65. The number of oxime groups is 1. The molecule has 1 aromatic carbocycles. The van der Waals surface area contributed by atoms with Gasteiger partial charge in [-0.2, -0.15) is 0 Å². The van der Waals surface area contributed by atoms with E-state index >= 15 is 0 Å². The predicted molar refractivity (Wildman–Crippen MR) is 49.2 cm³/mol. The van der Waals surface area contributed by atoms with Gasteiger partial charge in [0.15, 0.2) is 0 Å². The summed E-state index contributed by atoms with van der Waals surface area (Å²) in [5, 5.41) is 3.85. The van der Waals surface area contributed by atoms with Gasteiger partial charge in [0.05, 0.1) is 0 Å². The van der Waals surface area contributed by atoms with Gasteiger partial charge in [-0.15, -0.1) is 0 Å². The topological polar surface area (TPSA) is 30.8 Å². The number of rotatable bonds is 1. The van der Waals surface area contributed by atoms with Crippen LogP contribution in [0, 0.1) is 0 Å². The van der Waals surface area contributed by atoms with E-state index in [1.165, 1.54) is 0 Å². The number of hydrogen-bond donors (Lipinski definition) is 0. The van der Waals surface area contributed by atoms with Crippen LogP contribution in [0.5, 0.6) is 0 Å². The second-order valence-corrected chi connectivity index (χ2v) is 3.36. The van der Waals surface area contributed by atoms with Crippen molar-refractivity contribution in [2.45, 2.75) is 19.6 Å². The molecular weight excluding hydrogens is 166 g/mol. The first kappa shape index (κ1) is 8.10. The normalized spacial score (nSPS) is 18.8. The number of benzene rings is 1. The van der Waals surface area contributed by atoms with Gasteiger partial charge in [-0.05, 0) is 17.3 Å². The third-order valence-electron chi connectivity index (χ3n) is 1.71. The first-order chi connectivity index (χ1) is 6.17. The highest BCUT2D eigenvalue weighted by Gasteiger charge is 2.30. The molecule has 0 aromatic heterocycles. The average molecular weight is 177 g/mol. The van der Waals surface area contributed by atoms with E-state index in [0.717, 1.165) is 5.56 Å². The molecule has 2 rings (SSSR count). The fourth-order valence-corrected chi connectivity index (χ4v) is 1.11. The molecule has 0 saturated carbocycles. The molecule has 13 heavy (non-hydrogen) atoms. The van der Waals surface area contributed by atoms with Gasteiger partial charge >= 0.3 is 0 Å². The van der Waals surface area contributed by atoms with Crippen LogP contribution >= 0.6 is 0 Å². The fraction of sp³-hybridized carbons (Fsp3) is 0.300. The van der Waals surface area contributed by atoms with Crippen molar-refractivity contribution in [3.8, 4) is 0 Å². The summed E-state index contributed by atoms with van der Waals surface area (Å²) < 4.78 is 5.46. The third-order valence-corrected chi connectivity index (χ3v) is 1.71. The molecule has 0 spiro atoms. The summed E-state index contributed by atoms with van der Waals surface area (Å²) in [6, 6.07) is 9.69. The van der Waals surface area contributed by atoms with E-state index in [-0.39, 0.29) is 0 Å². The molecule has 0 aliphatic carbocycles. The van der Waals surface area contributed by atoms with E-state index in [9.17, 15) is 0 Å². The van der Waals surface area contributed by atoms with Crippen LogP contribution in [0.15, 0.2) is 35.5 Å². The van der Waals surface area contributed by atoms with Crippen molar-refractivity contribution in [1.29, 1.82) is 0 Å². The zero-order chi connectivity index (χ0) is 9.31. The van der Waals surface area contributed by atoms with Gasteiger partial charge in [0.25, 0.3) is 11.7 Å². The van der Waals surface area contributed by atoms with E-state index in [2.05, 4.69) is 5.16 Å². The number of nitrogens with zero attached hydrogens (tertiary/aromatic N) is 1. The Morgan fingerprint density at radius 2 is 1.85 bits per heavy atom. The maximum atomic E-state index is 5.46. The number of hydrogen-bond acceptors (Lipinski definition) is 3. The molecular formula is C10H11NO2. The van der Waals surface area contributed by atoms with Gasteiger partial charge in [0.1, 0.15) is 0 Å². The van der Waals surface area contributed by atoms with Crippen LogP contribution in [0.3, 0.4) is 0 Å². The summed E-state index contributed by atoms with van der Waals surface area (Å²) in [5.41, 5.74) is 0.938. The van der Waals surface area contributed by atoms with E-state index in [0.29, 0.717) is 5.90 Å². The van der Waals surface area contributed by atoms with Crippen molar-refractivity contribution in [2.75, 3.05) is 0 Å². The van der Waals surface area contributed by atoms with Gasteiger partial charge < -0.3 is 9.57 Å². The second kappa shape index (κ2) is 2.76. The molecule has 1 aliphatic rings. The number of ether oxygens (including phenoxy) is 1. The summed E-state index contributed by atoms with van der Waals surface area (Å²) in [6.45, 7) is 3.65. The van der Waals surface area contributed by atoms with Crippen molar-refractivity contribution in [3.05, 3.63) is 35.9 Å². The SMILES string of the molecule is CC1(C)ON=C(c2ccccc2)O1. The van der Waals surface area contributed by atoms with Gasteiger partial charge in [0, 0.05) is 19.4 Å². The largest absolute Gasteiger partial charge is 0.431 e. The summed E-state index contributed by atoms with van der Waals surface area (Å²) >= 11 is 0.